The van der Waals surface area contributed by atoms with Crippen LogP contribution in [0.5, 0.6) is 0 Å². The molecule has 0 saturated carbocycles. The van der Waals surface area contributed by atoms with Crippen molar-refractivity contribution < 1.29 is 4.74 Å². The first-order chi connectivity index (χ1) is 14.7. The maximum atomic E-state index is 13.5. The van der Waals surface area contributed by atoms with Gasteiger partial charge in [0, 0.05) is 23.9 Å². The SMILES string of the molecule is CC(Sc1nc2nn(CC3COC3)cc2c(=O)n1-c1ccccc1)c1ccccc1. The van der Waals surface area contributed by atoms with Crippen molar-refractivity contribution in [3.8, 4) is 5.69 Å². The second-order valence-electron chi connectivity index (χ2n) is 7.53. The van der Waals surface area contributed by atoms with Gasteiger partial charge in [-0.05, 0) is 24.6 Å². The van der Waals surface area contributed by atoms with Gasteiger partial charge in [-0.25, -0.2) is 4.98 Å². The second-order valence-corrected chi connectivity index (χ2v) is 8.84. The van der Waals surface area contributed by atoms with Gasteiger partial charge in [-0.3, -0.25) is 14.0 Å². The molecule has 2 aromatic carbocycles. The first-order valence-electron chi connectivity index (χ1n) is 10.0. The standard InChI is InChI=1S/C23H22N4O2S/c1-16(18-8-4-2-5-9-18)30-23-24-21-20(13-26(25-21)12-17-14-29-15-17)22(28)27(23)19-10-6-3-7-11-19/h2-11,13,16-17H,12,14-15H2,1H3. The molecule has 2 aromatic heterocycles. The molecular weight excluding hydrogens is 396 g/mol. The summed E-state index contributed by atoms with van der Waals surface area (Å²) in [7, 11) is 0. The van der Waals surface area contributed by atoms with Crippen molar-refractivity contribution in [3.05, 3.63) is 82.8 Å². The molecule has 152 valence electrons. The van der Waals surface area contributed by atoms with Gasteiger partial charge < -0.3 is 4.74 Å². The van der Waals surface area contributed by atoms with Gasteiger partial charge in [-0.2, -0.15) is 5.10 Å². The molecule has 0 bridgehead atoms. The summed E-state index contributed by atoms with van der Waals surface area (Å²) in [5.41, 5.74) is 2.40. The molecule has 0 aliphatic carbocycles. The largest absolute Gasteiger partial charge is 0.381 e. The Bertz CT molecular complexity index is 1220. The Labute approximate surface area is 178 Å². The van der Waals surface area contributed by atoms with E-state index in [9.17, 15) is 4.79 Å². The van der Waals surface area contributed by atoms with E-state index in [1.54, 1.807) is 16.3 Å². The molecule has 1 fully saturated rings. The molecule has 30 heavy (non-hydrogen) atoms. The van der Waals surface area contributed by atoms with Crippen molar-refractivity contribution in [1.29, 1.82) is 0 Å². The van der Waals surface area contributed by atoms with Crippen molar-refractivity contribution >= 4 is 22.8 Å². The minimum Gasteiger partial charge on any atom is -0.381 e. The zero-order valence-electron chi connectivity index (χ0n) is 16.6. The number of aromatic nitrogens is 4. The van der Waals surface area contributed by atoms with Crippen LogP contribution in [0.15, 0.2) is 76.8 Å². The van der Waals surface area contributed by atoms with E-state index in [4.69, 9.17) is 9.72 Å². The average molecular weight is 419 g/mol. The maximum absolute atomic E-state index is 13.5. The van der Waals surface area contributed by atoms with Crippen LogP contribution < -0.4 is 5.56 Å². The van der Waals surface area contributed by atoms with Crippen molar-refractivity contribution in [2.24, 2.45) is 5.92 Å². The van der Waals surface area contributed by atoms with Crippen LogP contribution in [0.3, 0.4) is 0 Å². The van der Waals surface area contributed by atoms with Crippen molar-refractivity contribution in [1.82, 2.24) is 19.3 Å². The Morgan fingerprint density at radius 2 is 1.80 bits per heavy atom. The summed E-state index contributed by atoms with van der Waals surface area (Å²) >= 11 is 1.57. The van der Waals surface area contributed by atoms with E-state index in [2.05, 4.69) is 24.2 Å². The van der Waals surface area contributed by atoms with Gasteiger partial charge in [0.15, 0.2) is 10.8 Å². The van der Waals surface area contributed by atoms with Crippen LogP contribution in [0.2, 0.25) is 0 Å². The molecule has 0 N–H and O–H groups in total. The third kappa shape index (κ3) is 3.66. The molecule has 6 nitrogen and oxygen atoms in total. The summed E-state index contributed by atoms with van der Waals surface area (Å²) in [4.78, 5) is 18.3. The molecule has 1 saturated heterocycles. The van der Waals surface area contributed by atoms with Gasteiger partial charge in [-0.1, -0.05) is 60.3 Å². The predicted octanol–water partition coefficient (Wildman–Crippen LogP) is 4.08. The summed E-state index contributed by atoms with van der Waals surface area (Å²) in [6.45, 7) is 4.35. The second kappa shape index (κ2) is 8.08. The van der Waals surface area contributed by atoms with Gasteiger partial charge in [0.1, 0.15) is 5.39 Å². The molecule has 3 heterocycles. The van der Waals surface area contributed by atoms with Crippen molar-refractivity contribution in [2.45, 2.75) is 23.9 Å². The van der Waals surface area contributed by atoms with Gasteiger partial charge in [0.05, 0.1) is 18.9 Å². The number of thioether (sulfide) groups is 1. The Balaban J connectivity index is 1.60. The Morgan fingerprint density at radius 3 is 2.47 bits per heavy atom. The number of ether oxygens (including phenoxy) is 1. The number of hydrogen-bond donors (Lipinski definition) is 0. The maximum Gasteiger partial charge on any atom is 0.269 e. The quantitative estimate of drug-likeness (QED) is 0.349. The van der Waals surface area contributed by atoms with Gasteiger partial charge >= 0.3 is 0 Å². The van der Waals surface area contributed by atoms with Crippen molar-refractivity contribution in [3.63, 3.8) is 0 Å². The molecule has 1 aliphatic heterocycles. The molecule has 0 radical (unpaired) electrons. The zero-order chi connectivity index (χ0) is 20.5. The fourth-order valence-electron chi connectivity index (χ4n) is 3.57. The minimum absolute atomic E-state index is 0.0925. The first-order valence-corrected chi connectivity index (χ1v) is 10.9. The molecule has 1 unspecified atom stereocenters. The molecule has 7 heteroatoms. The van der Waals surface area contributed by atoms with E-state index < -0.39 is 0 Å². The number of hydrogen-bond acceptors (Lipinski definition) is 5. The molecule has 1 atom stereocenters. The van der Waals surface area contributed by atoms with Gasteiger partial charge in [0.25, 0.3) is 5.56 Å². The zero-order valence-corrected chi connectivity index (χ0v) is 17.5. The van der Waals surface area contributed by atoms with E-state index in [0.717, 1.165) is 25.4 Å². The summed E-state index contributed by atoms with van der Waals surface area (Å²) in [5, 5.41) is 5.92. The molecule has 0 amide bonds. The molecular formula is C23H22N4O2S. The van der Waals surface area contributed by atoms with E-state index in [-0.39, 0.29) is 10.8 Å². The fraction of sp³-hybridized carbons (Fsp3) is 0.261. The Hall–Kier alpha value is -2.90. The smallest absolute Gasteiger partial charge is 0.269 e. The highest BCUT2D eigenvalue weighted by molar-refractivity contribution is 7.99. The van der Waals surface area contributed by atoms with E-state index >= 15 is 0 Å². The van der Waals surface area contributed by atoms with Crippen molar-refractivity contribution in [2.75, 3.05) is 13.2 Å². The van der Waals surface area contributed by atoms with E-state index in [0.29, 0.717) is 22.1 Å². The highest BCUT2D eigenvalue weighted by atomic mass is 32.2. The first kappa shape index (κ1) is 19.1. The molecule has 4 aromatic rings. The summed E-state index contributed by atoms with van der Waals surface area (Å²) in [6.07, 6.45) is 1.82. The van der Waals surface area contributed by atoms with Gasteiger partial charge in [0.2, 0.25) is 0 Å². The fourth-order valence-corrected chi connectivity index (χ4v) is 4.62. The van der Waals surface area contributed by atoms with Crippen LogP contribution in [-0.2, 0) is 11.3 Å². The Kier molecular flexibility index (Phi) is 5.14. The van der Waals surface area contributed by atoms with Crippen LogP contribution in [0.1, 0.15) is 17.7 Å². The third-order valence-corrected chi connectivity index (χ3v) is 6.40. The lowest BCUT2D eigenvalue weighted by Gasteiger charge is -2.25. The Morgan fingerprint density at radius 1 is 1.10 bits per heavy atom. The monoisotopic (exact) mass is 418 g/mol. The van der Waals surface area contributed by atoms with Crippen LogP contribution in [-0.4, -0.2) is 32.5 Å². The average Bonchev–Trinajstić information content (AvgIpc) is 3.15. The number of nitrogens with zero attached hydrogens (tertiary/aromatic N) is 4. The highest BCUT2D eigenvalue weighted by Gasteiger charge is 2.22. The lowest BCUT2D eigenvalue weighted by atomic mass is 10.1. The van der Waals surface area contributed by atoms with E-state index in [1.165, 1.54) is 5.56 Å². The predicted molar refractivity (Wildman–Crippen MR) is 118 cm³/mol. The topological polar surface area (TPSA) is 61.9 Å². The normalized spacial score (nSPS) is 15.2. The minimum atomic E-state index is -0.0925. The molecule has 5 rings (SSSR count). The number of fused-ring (bicyclic) bond motifs is 1. The molecule has 0 spiro atoms. The summed E-state index contributed by atoms with van der Waals surface area (Å²) < 4.78 is 8.79. The van der Waals surface area contributed by atoms with E-state index in [1.807, 2.05) is 59.4 Å². The summed E-state index contributed by atoms with van der Waals surface area (Å²) in [5.74, 6) is 0.447. The molecule has 1 aliphatic rings. The lowest BCUT2D eigenvalue weighted by Crippen LogP contribution is -2.31. The third-order valence-electron chi connectivity index (χ3n) is 5.29. The number of benzene rings is 2. The van der Waals surface area contributed by atoms with Crippen LogP contribution in [0.4, 0.5) is 0 Å². The van der Waals surface area contributed by atoms with Crippen LogP contribution >= 0.6 is 11.8 Å². The highest BCUT2D eigenvalue weighted by Crippen LogP contribution is 2.34. The van der Waals surface area contributed by atoms with Gasteiger partial charge in [-0.15, -0.1) is 0 Å². The summed E-state index contributed by atoms with van der Waals surface area (Å²) in [6, 6.07) is 19.9. The van der Waals surface area contributed by atoms with Crippen LogP contribution in [0, 0.1) is 5.92 Å². The van der Waals surface area contributed by atoms with Crippen LogP contribution in [0.25, 0.3) is 16.7 Å². The number of para-hydroxylation sites is 1. The lowest BCUT2D eigenvalue weighted by molar-refractivity contribution is -0.0407. The number of rotatable bonds is 6.